The minimum Gasteiger partial charge on any atom is -0.377 e. The second kappa shape index (κ2) is 4.92. The van der Waals surface area contributed by atoms with Crippen LogP contribution in [0.15, 0.2) is 6.33 Å². The first-order chi connectivity index (χ1) is 9.22. The van der Waals surface area contributed by atoms with E-state index < -0.39 is 0 Å². The molecule has 2 unspecified atom stereocenters. The third-order valence-electron chi connectivity index (χ3n) is 3.36. The summed E-state index contributed by atoms with van der Waals surface area (Å²) in [6.45, 7) is 1.38. The summed E-state index contributed by atoms with van der Waals surface area (Å²) in [4.78, 5) is 17.6. The average Bonchev–Trinajstić information content (AvgIpc) is 3.02. The topological polar surface area (TPSA) is 76.2 Å². The van der Waals surface area contributed by atoms with Crippen LogP contribution >= 0.6 is 11.6 Å². The first kappa shape index (κ1) is 12.6. The van der Waals surface area contributed by atoms with Crippen molar-refractivity contribution in [2.24, 2.45) is 0 Å². The molecule has 7 nitrogen and oxygen atoms in total. The molecule has 0 spiro atoms. The fourth-order valence-corrected chi connectivity index (χ4v) is 2.55. The lowest BCUT2D eigenvalue weighted by molar-refractivity contribution is -0.00461. The van der Waals surface area contributed by atoms with Crippen LogP contribution in [0.3, 0.4) is 0 Å². The molecular weight excluding hydrogens is 270 g/mol. The van der Waals surface area contributed by atoms with Gasteiger partial charge >= 0.3 is 0 Å². The molecule has 1 aliphatic heterocycles. The van der Waals surface area contributed by atoms with Crippen LogP contribution in [0.2, 0.25) is 5.28 Å². The lowest BCUT2D eigenvalue weighted by atomic mass is 10.3. The molecule has 0 saturated carbocycles. The van der Waals surface area contributed by atoms with E-state index in [2.05, 4.69) is 24.8 Å². The number of nitrogens with zero attached hydrogens (tertiary/aromatic N) is 4. The van der Waals surface area contributed by atoms with E-state index >= 15 is 0 Å². The van der Waals surface area contributed by atoms with Crippen molar-refractivity contribution < 1.29 is 9.47 Å². The number of halogens is 1. The monoisotopic (exact) mass is 283 g/mol. The first-order valence-electron chi connectivity index (χ1n) is 5.90. The van der Waals surface area contributed by atoms with E-state index in [1.807, 2.05) is 0 Å². The molecule has 3 rings (SSSR count). The first-order valence-corrected chi connectivity index (χ1v) is 6.28. The number of anilines is 1. The Bertz CT molecular complexity index is 577. The molecular formula is C11H14ClN5O2. The van der Waals surface area contributed by atoms with Crippen molar-refractivity contribution in [1.82, 2.24) is 19.9 Å². The van der Waals surface area contributed by atoms with Gasteiger partial charge in [0.05, 0.1) is 6.33 Å². The third kappa shape index (κ3) is 2.13. The molecule has 2 atom stereocenters. The minimum absolute atomic E-state index is 0.0108. The van der Waals surface area contributed by atoms with Crippen molar-refractivity contribution in [2.45, 2.75) is 12.2 Å². The molecule has 0 radical (unpaired) electrons. The molecule has 1 saturated heterocycles. The van der Waals surface area contributed by atoms with Gasteiger partial charge in [0, 0.05) is 27.3 Å². The lowest BCUT2D eigenvalue weighted by Crippen LogP contribution is -2.27. The zero-order valence-corrected chi connectivity index (χ0v) is 11.4. The Hall–Kier alpha value is -1.44. The van der Waals surface area contributed by atoms with Gasteiger partial charge in [-0.25, -0.2) is 4.98 Å². The summed E-state index contributed by atoms with van der Waals surface area (Å²) in [5.74, 6) is 0.731. The number of methoxy groups -OCH3 is 2. The van der Waals surface area contributed by atoms with E-state index in [9.17, 15) is 0 Å². The Balaban J connectivity index is 1.99. The number of ether oxygens (including phenoxy) is 2. The molecule has 1 aliphatic rings. The Morgan fingerprint density at radius 3 is 2.58 bits per heavy atom. The smallest absolute Gasteiger partial charge is 0.226 e. The second-order valence-electron chi connectivity index (χ2n) is 4.37. The van der Waals surface area contributed by atoms with Gasteiger partial charge in [-0.1, -0.05) is 0 Å². The van der Waals surface area contributed by atoms with Gasteiger partial charge < -0.3 is 19.4 Å². The zero-order chi connectivity index (χ0) is 13.4. The molecule has 19 heavy (non-hydrogen) atoms. The van der Waals surface area contributed by atoms with Crippen LogP contribution in [0.1, 0.15) is 0 Å². The number of fused-ring (bicyclic) bond motifs is 1. The van der Waals surface area contributed by atoms with Gasteiger partial charge in [-0.2, -0.15) is 9.97 Å². The SMILES string of the molecule is COC1CN(c2nc(Cl)nc3nc[nH]c23)CC1OC. The van der Waals surface area contributed by atoms with Crippen molar-refractivity contribution in [2.75, 3.05) is 32.2 Å². The predicted molar refractivity (Wildman–Crippen MR) is 70.5 cm³/mol. The van der Waals surface area contributed by atoms with E-state index in [0.29, 0.717) is 18.7 Å². The summed E-state index contributed by atoms with van der Waals surface area (Å²) < 4.78 is 10.8. The van der Waals surface area contributed by atoms with Gasteiger partial charge in [-0.3, -0.25) is 0 Å². The number of H-pyrrole nitrogens is 1. The van der Waals surface area contributed by atoms with Crippen LogP contribution in [-0.2, 0) is 9.47 Å². The number of nitrogens with one attached hydrogen (secondary N) is 1. The maximum Gasteiger partial charge on any atom is 0.226 e. The van der Waals surface area contributed by atoms with Crippen LogP contribution < -0.4 is 4.90 Å². The van der Waals surface area contributed by atoms with Crippen LogP contribution in [0.5, 0.6) is 0 Å². The lowest BCUT2D eigenvalue weighted by Gasteiger charge is -2.17. The number of aromatic amines is 1. The largest absolute Gasteiger partial charge is 0.377 e. The standard InChI is InChI=1S/C11H14ClN5O2/c1-18-6-3-17(4-7(6)19-2)10-8-9(14-5-13-8)15-11(12)16-10/h5-7H,3-4H2,1-2H3,(H,13,14,15,16). The molecule has 2 aromatic heterocycles. The van der Waals surface area contributed by atoms with Crippen LogP contribution in [0.25, 0.3) is 11.2 Å². The molecule has 102 valence electrons. The van der Waals surface area contributed by atoms with E-state index in [-0.39, 0.29) is 17.5 Å². The van der Waals surface area contributed by atoms with E-state index in [0.717, 1.165) is 11.3 Å². The molecule has 1 fully saturated rings. The quantitative estimate of drug-likeness (QED) is 0.842. The highest BCUT2D eigenvalue weighted by Crippen LogP contribution is 2.27. The van der Waals surface area contributed by atoms with Gasteiger partial charge in [-0.15, -0.1) is 0 Å². The van der Waals surface area contributed by atoms with E-state index in [4.69, 9.17) is 21.1 Å². The third-order valence-corrected chi connectivity index (χ3v) is 3.53. The van der Waals surface area contributed by atoms with Gasteiger partial charge in [0.1, 0.15) is 17.7 Å². The van der Waals surface area contributed by atoms with Crippen molar-refractivity contribution in [3.63, 3.8) is 0 Å². The summed E-state index contributed by atoms with van der Waals surface area (Å²) in [5.41, 5.74) is 1.33. The van der Waals surface area contributed by atoms with Crippen molar-refractivity contribution in [3.05, 3.63) is 11.6 Å². The fourth-order valence-electron chi connectivity index (χ4n) is 2.39. The summed E-state index contributed by atoms with van der Waals surface area (Å²) in [6.07, 6.45) is 1.60. The predicted octanol–water partition coefficient (Wildman–Crippen LogP) is 0.856. The highest BCUT2D eigenvalue weighted by atomic mass is 35.5. The average molecular weight is 284 g/mol. The molecule has 2 aromatic rings. The Morgan fingerprint density at radius 1 is 1.26 bits per heavy atom. The van der Waals surface area contributed by atoms with Crippen molar-refractivity contribution in [1.29, 1.82) is 0 Å². The van der Waals surface area contributed by atoms with Gasteiger partial charge in [0.2, 0.25) is 5.28 Å². The van der Waals surface area contributed by atoms with Crippen LogP contribution in [-0.4, -0.2) is 59.5 Å². The van der Waals surface area contributed by atoms with E-state index in [1.165, 1.54) is 0 Å². The van der Waals surface area contributed by atoms with Gasteiger partial charge in [0.15, 0.2) is 11.5 Å². The summed E-state index contributed by atoms with van der Waals surface area (Å²) >= 11 is 5.93. The van der Waals surface area contributed by atoms with Gasteiger partial charge in [0.25, 0.3) is 0 Å². The number of aromatic nitrogens is 4. The highest BCUT2D eigenvalue weighted by molar-refractivity contribution is 6.28. The second-order valence-corrected chi connectivity index (χ2v) is 4.71. The highest BCUT2D eigenvalue weighted by Gasteiger charge is 2.34. The summed E-state index contributed by atoms with van der Waals surface area (Å²) in [5, 5.41) is 0.185. The molecule has 1 N–H and O–H groups in total. The Morgan fingerprint density at radius 2 is 1.95 bits per heavy atom. The zero-order valence-electron chi connectivity index (χ0n) is 10.6. The van der Waals surface area contributed by atoms with Crippen LogP contribution in [0, 0.1) is 0 Å². The molecule has 0 aliphatic carbocycles. The molecule has 3 heterocycles. The normalized spacial score (nSPS) is 23.4. The molecule has 0 bridgehead atoms. The number of hydrogen-bond acceptors (Lipinski definition) is 6. The Labute approximate surface area is 114 Å². The number of rotatable bonds is 3. The maximum atomic E-state index is 5.93. The van der Waals surface area contributed by atoms with Crippen LogP contribution in [0.4, 0.5) is 5.82 Å². The maximum absolute atomic E-state index is 5.93. The van der Waals surface area contributed by atoms with E-state index in [1.54, 1.807) is 20.5 Å². The molecule has 0 amide bonds. The number of imidazole rings is 1. The summed E-state index contributed by atoms with van der Waals surface area (Å²) in [6, 6.07) is 0. The number of hydrogen-bond donors (Lipinski definition) is 1. The van der Waals surface area contributed by atoms with Crippen molar-refractivity contribution >= 4 is 28.6 Å². The Kier molecular flexibility index (Phi) is 3.26. The molecule has 8 heteroatoms. The minimum atomic E-state index is 0.0108. The van der Waals surface area contributed by atoms with Gasteiger partial charge in [-0.05, 0) is 11.6 Å². The summed E-state index contributed by atoms with van der Waals surface area (Å²) in [7, 11) is 3.36. The fraction of sp³-hybridized carbons (Fsp3) is 0.545. The molecule has 0 aromatic carbocycles. The van der Waals surface area contributed by atoms with Crippen molar-refractivity contribution in [3.8, 4) is 0 Å².